The molecule has 2 aromatic rings. The molecule has 0 radical (unpaired) electrons. The fourth-order valence-electron chi connectivity index (χ4n) is 3.32. The number of guanidine groups is 1. The Kier molecular flexibility index (Phi) is 9.79. The molecule has 1 heterocycles. The first-order valence-corrected chi connectivity index (χ1v) is 9.88. The van der Waals surface area contributed by atoms with E-state index in [1.807, 2.05) is 12.1 Å². The quantitative estimate of drug-likeness (QED) is 0.240. The number of benzene rings is 2. The van der Waals surface area contributed by atoms with Gasteiger partial charge in [0.2, 0.25) is 0 Å². The molecule has 1 aliphatic heterocycles. The lowest BCUT2D eigenvalue weighted by atomic mass is 10.1. The van der Waals surface area contributed by atoms with Gasteiger partial charge in [-0.15, -0.1) is 24.0 Å². The van der Waals surface area contributed by atoms with E-state index in [1.165, 1.54) is 16.8 Å². The number of hydrogen-bond acceptors (Lipinski definition) is 4. The van der Waals surface area contributed by atoms with Crippen LogP contribution in [0.25, 0.3) is 0 Å². The summed E-state index contributed by atoms with van der Waals surface area (Å²) in [4.78, 5) is 6.67. The molecular weight excluding hydrogens is 491 g/mol. The molecule has 0 aliphatic carbocycles. The van der Waals surface area contributed by atoms with Crippen LogP contribution in [-0.4, -0.2) is 46.9 Å². The van der Waals surface area contributed by atoms with Crippen LogP contribution in [-0.2, 0) is 13.0 Å². The van der Waals surface area contributed by atoms with Crippen LogP contribution in [0.15, 0.2) is 59.6 Å². The molecule has 0 saturated heterocycles. The normalized spacial score (nSPS) is 13.0. The molecule has 0 amide bonds. The standard InChI is InChI=1S/C23H30N4O2.HI/c1-24-23(25-12-11-18-9-10-21(28-2)22(16-18)29-3)26-17-19-7-6-8-20(15-19)27-13-4-5-14-27;/h4-10,15-16H,11-14,17H2,1-3H3,(H2,24,25,26);1H. The van der Waals surface area contributed by atoms with Gasteiger partial charge in [0.15, 0.2) is 17.5 Å². The van der Waals surface area contributed by atoms with Crippen LogP contribution in [0.3, 0.4) is 0 Å². The molecule has 1 aliphatic rings. The monoisotopic (exact) mass is 522 g/mol. The summed E-state index contributed by atoms with van der Waals surface area (Å²) in [5.41, 5.74) is 3.67. The van der Waals surface area contributed by atoms with Crippen LogP contribution >= 0.6 is 24.0 Å². The summed E-state index contributed by atoms with van der Waals surface area (Å²) in [6.07, 6.45) is 5.27. The Hall–Kier alpha value is -2.42. The zero-order valence-corrected chi connectivity index (χ0v) is 20.2. The molecule has 0 saturated carbocycles. The third-order valence-electron chi connectivity index (χ3n) is 4.93. The SMILES string of the molecule is CN=C(NCCc1ccc(OC)c(OC)c1)NCc1cccc(N2CC=CC2)c1.I. The topological polar surface area (TPSA) is 58.1 Å². The Bertz CT molecular complexity index is 862. The van der Waals surface area contributed by atoms with Gasteiger partial charge in [0, 0.05) is 38.9 Å². The molecule has 2 aromatic carbocycles. The third-order valence-corrected chi connectivity index (χ3v) is 4.93. The van der Waals surface area contributed by atoms with Crippen LogP contribution in [0.5, 0.6) is 11.5 Å². The Morgan fingerprint density at radius 2 is 1.73 bits per heavy atom. The summed E-state index contributed by atoms with van der Waals surface area (Å²) in [6, 6.07) is 14.6. The summed E-state index contributed by atoms with van der Waals surface area (Å²) < 4.78 is 10.7. The molecule has 0 spiro atoms. The van der Waals surface area contributed by atoms with Crippen LogP contribution in [0.4, 0.5) is 5.69 Å². The van der Waals surface area contributed by atoms with Gasteiger partial charge in [0.1, 0.15) is 0 Å². The second-order valence-electron chi connectivity index (χ2n) is 6.84. The zero-order valence-electron chi connectivity index (χ0n) is 17.9. The van der Waals surface area contributed by atoms with E-state index >= 15 is 0 Å². The highest BCUT2D eigenvalue weighted by molar-refractivity contribution is 14.0. The number of methoxy groups -OCH3 is 2. The Labute approximate surface area is 196 Å². The minimum atomic E-state index is 0. The lowest BCUT2D eigenvalue weighted by Crippen LogP contribution is -2.37. The van der Waals surface area contributed by atoms with Crippen LogP contribution < -0.4 is 25.0 Å². The minimum Gasteiger partial charge on any atom is -0.493 e. The van der Waals surface area contributed by atoms with Crippen molar-refractivity contribution < 1.29 is 9.47 Å². The second kappa shape index (κ2) is 12.3. The van der Waals surface area contributed by atoms with Crippen molar-refractivity contribution in [3.05, 3.63) is 65.7 Å². The molecule has 162 valence electrons. The number of ether oxygens (including phenoxy) is 2. The van der Waals surface area contributed by atoms with Crippen molar-refractivity contribution in [3.8, 4) is 11.5 Å². The number of hydrogen-bond donors (Lipinski definition) is 2. The second-order valence-corrected chi connectivity index (χ2v) is 6.84. The van der Waals surface area contributed by atoms with Crippen molar-refractivity contribution in [2.75, 3.05) is 45.8 Å². The number of anilines is 1. The summed E-state index contributed by atoms with van der Waals surface area (Å²) >= 11 is 0. The Balaban J connectivity index is 0.00000320. The van der Waals surface area contributed by atoms with Gasteiger partial charge in [-0.2, -0.15) is 0 Å². The van der Waals surface area contributed by atoms with Gasteiger partial charge >= 0.3 is 0 Å². The van der Waals surface area contributed by atoms with Crippen molar-refractivity contribution in [1.29, 1.82) is 0 Å². The van der Waals surface area contributed by atoms with Crippen molar-refractivity contribution in [1.82, 2.24) is 10.6 Å². The largest absolute Gasteiger partial charge is 0.493 e. The highest BCUT2D eigenvalue weighted by Gasteiger charge is 2.08. The molecule has 0 atom stereocenters. The summed E-state index contributed by atoms with van der Waals surface area (Å²) in [6.45, 7) is 3.46. The van der Waals surface area contributed by atoms with Crippen LogP contribution in [0, 0.1) is 0 Å². The molecule has 7 heteroatoms. The first-order chi connectivity index (χ1) is 14.2. The molecule has 0 aromatic heterocycles. The maximum absolute atomic E-state index is 5.37. The highest BCUT2D eigenvalue weighted by Crippen LogP contribution is 2.27. The number of rotatable bonds is 8. The average Bonchev–Trinajstić information content (AvgIpc) is 3.31. The fraction of sp³-hybridized carbons (Fsp3) is 0.348. The maximum Gasteiger partial charge on any atom is 0.191 e. The maximum atomic E-state index is 5.37. The number of nitrogens with one attached hydrogen (secondary N) is 2. The summed E-state index contributed by atoms with van der Waals surface area (Å²) in [5.74, 6) is 2.29. The van der Waals surface area contributed by atoms with Gasteiger partial charge in [0.05, 0.1) is 14.2 Å². The van der Waals surface area contributed by atoms with Gasteiger partial charge in [-0.3, -0.25) is 4.99 Å². The van der Waals surface area contributed by atoms with Crippen molar-refractivity contribution >= 4 is 35.6 Å². The molecule has 30 heavy (non-hydrogen) atoms. The van der Waals surface area contributed by atoms with E-state index < -0.39 is 0 Å². The van der Waals surface area contributed by atoms with Crippen LogP contribution in [0.2, 0.25) is 0 Å². The third kappa shape index (κ3) is 6.55. The van der Waals surface area contributed by atoms with E-state index in [2.05, 4.69) is 63.0 Å². The first-order valence-electron chi connectivity index (χ1n) is 9.88. The van der Waals surface area contributed by atoms with Gasteiger partial charge in [-0.1, -0.05) is 30.4 Å². The van der Waals surface area contributed by atoms with Crippen molar-refractivity contribution in [2.24, 2.45) is 4.99 Å². The van der Waals surface area contributed by atoms with Gasteiger partial charge in [-0.05, 0) is 41.8 Å². The molecule has 0 unspecified atom stereocenters. The fourth-order valence-corrected chi connectivity index (χ4v) is 3.32. The van der Waals surface area contributed by atoms with Gasteiger partial charge in [0.25, 0.3) is 0 Å². The summed E-state index contributed by atoms with van der Waals surface area (Å²) in [7, 11) is 5.09. The lowest BCUT2D eigenvalue weighted by Gasteiger charge is -2.19. The van der Waals surface area contributed by atoms with Crippen molar-refractivity contribution in [3.63, 3.8) is 0 Å². The number of halogens is 1. The average molecular weight is 522 g/mol. The predicted octanol–water partition coefficient (Wildman–Crippen LogP) is 3.61. The zero-order chi connectivity index (χ0) is 20.5. The molecule has 3 rings (SSSR count). The highest BCUT2D eigenvalue weighted by atomic mass is 127. The van der Waals surface area contributed by atoms with Gasteiger partial charge in [-0.25, -0.2) is 0 Å². The van der Waals surface area contributed by atoms with Crippen LogP contribution in [0.1, 0.15) is 11.1 Å². The predicted molar refractivity (Wildman–Crippen MR) is 135 cm³/mol. The van der Waals surface area contributed by atoms with E-state index in [4.69, 9.17) is 9.47 Å². The van der Waals surface area contributed by atoms with Gasteiger partial charge < -0.3 is 25.0 Å². The number of nitrogens with zero attached hydrogens (tertiary/aromatic N) is 2. The minimum absolute atomic E-state index is 0. The summed E-state index contributed by atoms with van der Waals surface area (Å²) in [5, 5.41) is 6.76. The molecule has 6 nitrogen and oxygen atoms in total. The first kappa shape index (κ1) is 23.9. The van der Waals surface area contributed by atoms with E-state index in [0.29, 0.717) is 0 Å². The molecule has 0 fully saturated rings. The smallest absolute Gasteiger partial charge is 0.191 e. The Morgan fingerprint density at radius 3 is 2.43 bits per heavy atom. The molecule has 0 bridgehead atoms. The molecular formula is C23H31IN4O2. The van der Waals surface area contributed by atoms with E-state index in [0.717, 1.165) is 50.1 Å². The van der Waals surface area contributed by atoms with E-state index in [1.54, 1.807) is 21.3 Å². The lowest BCUT2D eigenvalue weighted by molar-refractivity contribution is 0.354. The molecule has 2 N–H and O–H groups in total. The van der Waals surface area contributed by atoms with E-state index in [9.17, 15) is 0 Å². The van der Waals surface area contributed by atoms with E-state index in [-0.39, 0.29) is 24.0 Å². The Morgan fingerprint density at radius 1 is 0.967 bits per heavy atom. The number of aliphatic imine (C=N–C) groups is 1. The van der Waals surface area contributed by atoms with Crippen molar-refractivity contribution in [2.45, 2.75) is 13.0 Å².